The van der Waals surface area contributed by atoms with Gasteiger partial charge in [0.05, 0.1) is 32.5 Å². The highest BCUT2D eigenvalue weighted by molar-refractivity contribution is 5.34. The van der Waals surface area contributed by atoms with E-state index < -0.39 is 6.10 Å². The van der Waals surface area contributed by atoms with Crippen LogP contribution in [0.15, 0.2) is 6.33 Å². The molecule has 7 heteroatoms. The smallest absolute Gasteiger partial charge is 0.224 e. The van der Waals surface area contributed by atoms with Crippen LogP contribution in [0, 0.1) is 0 Å². The lowest BCUT2D eigenvalue weighted by atomic mass is 10.3. The zero-order valence-electron chi connectivity index (χ0n) is 10.8. The SMILES string of the molecule is COCC(O)CNCc1c(OC)ncnc1OC. The Morgan fingerprint density at radius 1 is 1.22 bits per heavy atom. The van der Waals surface area contributed by atoms with Gasteiger partial charge in [-0.2, -0.15) is 0 Å². The zero-order valence-corrected chi connectivity index (χ0v) is 10.8. The van der Waals surface area contributed by atoms with E-state index in [1.807, 2.05) is 0 Å². The molecule has 0 bridgehead atoms. The zero-order chi connectivity index (χ0) is 13.4. The first-order valence-electron chi connectivity index (χ1n) is 5.52. The topological polar surface area (TPSA) is 85.7 Å². The maximum absolute atomic E-state index is 9.50. The molecule has 0 aliphatic rings. The van der Waals surface area contributed by atoms with Crippen molar-refractivity contribution in [3.05, 3.63) is 11.9 Å². The maximum Gasteiger partial charge on any atom is 0.224 e. The van der Waals surface area contributed by atoms with E-state index in [2.05, 4.69) is 15.3 Å². The van der Waals surface area contributed by atoms with Gasteiger partial charge in [0.1, 0.15) is 6.33 Å². The summed E-state index contributed by atoms with van der Waals surface area (Å²) < 4.78 is 15.1. The van der Waals surface area contributed by atoms with Gasteiger partial charge in [0, 0.05) is 20.2 Å². The summed E-state index contributed by atoms with van der Waals surface area (Å²) in [5.41, 5.74) is 0.715. The van der Waals surface area contributed by atoms with Crippen LogP contribution in [0.25, 0.3) is 0 Å². The highest BCUT2D eigenvalue weighted by Crippen LogP contribution is 2.22. The van der Waals surface area contributed by atoms with Gasteiger partial charge in [0.15, 0.2) is 0 Å². The molecule has 7 nitrogen and oxygen atoms in total. The van der Waals surface area contributed by atoms with Crippen LogP contribution in [0.5, 0.6) is 11.8 Å². The van der Waals surface area contributed by atoms with E-state index in [1.165, 1.54) is 20.5 Å². The Balaban J connectivity index is 2.60. The molecule has 1 unspecified atom stereocenters. The molecule has 18 heavy (non-hydrogen) atoms. The van der Waals surface area contributed by atoms with Gasteiger partial charge < -0.3 is 24.6 Å². The number of aliphatic hydroxyl groups is 1. The van der Waals surface area contributed by atoms with Gasteiger partial charge >= 0.3 is 0 Å². The molecular formula is C11H19N3O4. The first kappa shape index (κ1) is 14.6. The molecule has 1 aromatic heterocycles. The molecule has 1 aromatic rings. The quantitative estimate of drug-likeness (QED) is 0.654. The summed E-state index contributed by atoms with van der Waals surface area (Å²) >= 11 is 0. The van der Waals surface area contributed by atoms with Crippen molar-refractivity contribution in [1.82, 2.24) is 15.3 Å². The van der Waals surface area contributed by atoms with Gasteiger partial charge in [-0.05, 0) is 0 Å². The Bertz CT molecular complexity index is 340. The molecule has 0 saturated carbocycles. The third kappa shape index (κ3) is 4.10. The van der Waals surface area contributed by atoms with Crippen molar-refractivity contribution in [2.24, 2.45) is 0 Å². The molecule has 0 saturated heterocycles. The first-order chi connectivity index (χ1) is 8.72. The molecule has 0 aliphatic carbocycles. The molecule has 0 fully saturated rings. The van der Waals surface area contributed by atoms with Gasteiger partial charge in [0.2, 0.25) is 11.8 Å². The summed E-state index contributed by atoms with van der Waals surface area (Å²) in [5.74, 6) is 0.908. The maximum atomic E-state index is 9.50. The summed E-state index contributed by atoms with van der Waals surface area (Å²) in [7, 11) is 4.61. The number of aliphatic hydroxyl groups excluding tert-OH is 1. The first-order valence-corrected chi connectivity index (χ1v) is 5.52. The van der Waals surface area contributed by atoms with Crippen LogP contribution < -0.4 is 14.8 Å². The van der Waals surface area contributed by atoms with Crippen LogP contribution in [-0.2, 0) is 11.3 Å². The minimum Gasteiger partial charge on any atom is -0.481 e. The molecule has 0 aliphatic heterocycles. The predicted octanol–water partition coefficient (Wildman–Crippen LogP) is -0.409. The monoisotopic (exact) mass is 257 g/mol. The fourth-order valence-electron chi connectivity index (χ4n) is 1.50. The number of hydrogen-bond acceptors (Lipinski definition) is 7. The number of ether oxygens (including phenoxy) is 3. The van der Waals surface area contributed by atoms with Gasteiger partial charge in [-0.15, -0.1) is 0 Å². The van der Waals surface area contributed by atoms with Crippen LogP contribution in [0.1, 0.15) is 5.56 Å². The summed E-state index contributed by atoms with van der Waals surface area (Å²) in [6.45, 7) is 1.12. The Hall–Kier alpha value is -1.44. The van der Waals surface area contributed by atoms with Crippen molar-refractivity contribution in [2.45, 2.75) is 12.6 Å². The molecule has 1 rings (SSSR count). The molecule has 0 radical (unpaired) electrons. The number of nitrogens with zero attached hydrogens (tertiary/aromatic N) is 2. The second-order valence-corrected chi connectivity index (χ2v) is 3.61. The summed E-state index contributed by atoms with van der Waals surface area (Å²) in [5, 5.41) is 12.6. The Morgan fingerprint density at radius 3 is 2.33 bits per heavy atom. The summed E-state index contributed by atoms with van der Waals surface area (Å²) in [6, 6.07) is 0. The lowest BCUT2D eigenvalue weighted by Gasteiger charge is -2.13. The highest BCUT2D eigenvalue weighted by Gasteiger charge is 2.13. The van der Waals surface area contributed by atoms with Gasteiger partial charge in [-0.25, -0.2) is 9.97 Å². The van der Waals surface area contributed by atoms with Crippen LogP contribution in [-0.4, -0.2) is 55.7 Å². The number of methoxy groups -OCH3 is 3. The van der Waals surface area contributed by atoms with E-state index in [1.54, 1.807) is 7.11 Å². The highest BCUT2D eigenvalue weighted by atomic mass is 16.5. The van der Waals surface area contributed by atoms with Gasteiger partial charge in [-0.3, -0.25) is 0 Å². The van der Waals surface area contributed by atoms with E-state index in [4.69, 9.17) is 14.2 Å². The second-order valence-electron chi connectivity index (χ2n) is 3.61. The molecule has 1 heterocycles. The van der Waals surface area contributed by atoms with Crippen LogP contribution in [0.2, 0.25) is 0 Å². The van der Waals surface area contributed by atoms with E-state index in [0.717, 1.165) is 0 Å². The summed E-state index contributed by atoms with van der Waals surface area (Å²) in [4.78, 5) is 8.00. The van der Waals surface area contributed by atoms with Crippen LogP contribution >= 0.6 is 0 Å². The standard InChI is InChI=1S/C11H19N3O4/c1-16-6-8(15)4-12-5-9-10(17-2)13-7-14-11(9)18-3/h7-8,12,15H,4-6H2,1-3H3. The minimum absolute atomic E-state index is 0.284. The second kappa shape index (κ2) is 7.80. The minimum atomic E-state index is -0.559. The molecule has 0 spiro atoms. The third-order valence-electron chi connectivity index (χ3n) is 2.29. The number of aromatic nitrogens is 2. The average Bonchev–Trinajstić information content (AvgIpc) is 2.39. The van der Waals surface area contributed by atoms with E-state index in [-0.39, 0.29) is 6.61 Å². The Morgan fingerprint density at radius 2 is 1.83 bits per heavy atom. The Labute approximate surface area is 106 Å². The fraction of sp³-hybridized carbons (Fsp3) is 0.636. The normalized spacial score (nSPS) is 12.2. The van der Waals surface area contributed by atoms with E-state index in [0.29, 0.717) is 30.4 Å². The molecule has 102 valence electrons. The molecule has 0 amide bonds. The van der Waals surface area contributed by atoms with Gasteiger partial charge in [-0.1, -0.05) is 0 Å². The Kier molecular flexibility index (Phi) is 6.34. The van der Waals surface area contributed by atoms with Crippen molar-refractivity contribution in [1.29, 1.82) is 0 Å². The number of rotatable bonds is 8. The molecular weight excluding hydrogens is 238 g/mol. The van der Waals surface area contributed by atoms with Crippen molar-refractivity contribution in [3.8, 4) is 11.8 Å². The lowest BCUT2D eigenvalue weighted by molar-refractivity contribution is 0.0643. The third-order valence-corrected chi connectivity index (χ3v) is 2.29. The largest absolute Gasteiger partial charge is 0.481 e. The van der Waals surface area contributed by atoms with E-state index >= 15 is 0 Å². The predicted molar refractivity (Wildman–Crippen MR) is 64.7 cm³/mol. The molecule has 2 N–H and O–H groups in total. The van der Waals surface area contributed by atoms with Crippen LogP contribution in [0.4, 0.5) is 0 Å². The van der Waals surface area contributed by atoms with Gasteiger partial charge in [0.25, 0.3) is 0 Å². The van der Waals surface area contributed by atoms with Crippen molar-refractivity contribution >= 4 is 0 Å². The lowest BCUT2D eigenvalue weighted by Crippen LogP contribution is -2.30. The fourth-order valence-corrected chi connectivity index (χ4v) is 1.50. The average molecular weight is 257 g/mol. The van der Waals surface area contributed by atoms with Crippen molar-refractivity contribution in [3.63, 3.8) is 0 Å². The van der Waals surface area contributed by atoms with Crippen LogP contribution in [0.3, 0.4) is 0 Å². The van der Waals surface area contributed by atoms with Crippen molar-refractivity contribution in [2.75, 3.05) is 34.5 Å². The molecule has 1 atom stereocenters. The number of nitrogens with one attached hydrogen (secondary N) is 1. The number of hydrogen-bond donors (Lipinski definition) is 2. The van der Waals surface area contributed by atoms with Crippen molar-refractivity contribution < 1.29 is 19.3 Å². The van der Waals surface area contributed by atoms with E-state index in [9.17, 15) is 5.11 Å². The molecule has 0 aromatic carbocycles. The summed E-state index contributed by atoms with van der Waals surface area (Å²) in [6.07, 6.45) is 0.817.